The van der Waals surface area contributed by atoms with Crippen LogP contribution < -0.4 is 15.0 Å². The molecular formula is C16H22N2O4. The molecule has 0 aromatic heterocycles. The van der Waals surface area contributed by atoms with Crippen molar-refractivity contribution in [2.75, 3.05) is 31.8 Å². The molecule has 0 aliphatic carbocycles. The molecule has 6 heteroatoms. The van der Waals surface area contributed by atoms with E-state index in [-0.39, 0.29) is 24.5 Å². The third kappa shape index (κ3) is 4.46. The number of amides is 2. The highest BCUT2D eigenvalue weighted by atomic mass is 16.5. The van der Waals surface area contributed by atoms with Gasteiger partial charge >= 0.3 is 0 Å². The molecule has 1 fully saturated rings. The van der Waals surface area contributed by atoms with Crippen LogP contribution in [0.2, 0.25) is 0 Å². The average molecular weight is 306 g/mol. The van der Waals surface area contributed by atoms with E-state index in [9.17, 15) is 9.59 Å². The third-order valence-electron chi connectivity index (χ3n) is 3.40. The molecule has 6 nitrogen and oxygen atoms in total. The molecule has 1 aliphatic rings. The number of nitrogens with zero attached hydrogens (tertiary/aromatic N) is 1. The quantitative estimate of drug-likeness (QED) is 0.825. The minimum Gasteiger partial charge on any atom is -0.484 e. The first kappa shape index (κ1) is 16.3. The van der Waals surface area contributed by atoms with Gasteiger partial charge in [0.15, 0.2) is 6.61 Å². The molecule has 2 rings (SSSR count). The molecule has 1 aromatic rings. The van der Waals surface area contributed by atoms with Crippen LogP contribution in [0.15, 0.2) is 24.3 Å². The van der Waals surface area contributed by atoms with Gasteiger partial charge in [-0.25, -0.2) is 0 Å². The Morgan fingerprint density at radius 3 is 2.95 bits per heavy atom. The summed E-state index contributed by atoms with van der Waals surface area (Å²) in [6, 6.07) is 7.19. The van der Waals surface area contributed by atoms with Gasteiger partial charge < -0.3 is 19.7 Å². The summed E-state index contributed by atoms with van der Waals surface area (Å²) in [6.45, 7) is 2.99. The maximum atomic E-state index is 11.7. The minimum absolute atomic E-state index is 0.0605. The Morgan fingerprint density at radius 1 is 1.45 bits per heavy atom. The van der Waals surface area contributed by atoms with Crippen LogP contribution >= 0.6 is 0 Å². The molecule has 22 heavy (non-hydrogen) atoms. The number of anilines is 1. The summed E-state index contributed by atoms with van der Waals surface area (Å²) < 4.78 is 10.4. The van der Waals surface area contributed by atoms with Crippen LogP contribution in [0.1, 0.15) is 19.8 Å². The first-order valence-electron chi connectivity index (χ1n) is 7.41. The lowest BCUT2D eigenvalue weighted by Gasteiger charge is -2.17. The van der Waals surface area contributed by atoms with Crippen molar-refractivity contribution in [3.05, 3.63) is 24.3 Å². The summed E-state index contributed by atoms with van der Waals surface area (Å²) in [7, 11) is 1.59. The Labute approximate surface area is 130 Å². The van der Waals surface area contributed by atoms with Crippen molar-refractivity contribution >= 4 is 17.5 Å². The number of methoxy groups -OCH3 is 1. The van der Waals surface area contributed by atoms with Gasteiger partial charge in [-0.05, 0) is 25.5 Å². The summed E-state index contributed by atoms with van der Waals surface area (Å²) in [5.74, 6) is 0.502. The Bertz CT molecular complexity index is 533. The number of nitrogens with one attached hydrogen (secondary N) is 1. The Balaban J connectivity index is 1.88. The standard InChI is InChI=1S/C16H22N2O4/c1-12(10-21-2)17-15(19)11-22-14-6-3-5-13(9-14)18-8-4-7-16(18)20/h3,5-6,9,12H,4,7-8,10-11H2,1-2H3,(H,17,19)/t12-/m0/s1. The molecule has 1 heterocycles. The maximum absolute atomic E-state index is 11.7. The molecule has 2 amide bonds. The number of ether oxygens (including phenoxy) is 2. The fourth-order valence-electron chi connectivity index (χ4n) is 2.42. The summed E-state index contributed by atoms with van der Waals surface area (Å²) >= 11 is 0. The van der Waals surface area contributed by atoms with Gasteiger partial charge in [0.2, 0.25) is 5.91 Å². The predicted molar refractivity (Wildman–Crippen MR) is 83.0 cm³/mol. The van der Waals surface area contributed by atoms with Gasteiger partial charge in [-0.3, -0.25) is 9.59 Å². The smallest absolute Gasteiger partial charge is 0.258 e. The van der Waals surface area contributed by atoms with E-state index in [1.54, 1.807) is 24.1 Å². The molecule has 1 saturated heterocycles. The number of hydrogen-bond acceptors (Lipinski definition) is 4. The van der Waals surface area contributed by atoms with E-state index in [2.05, 4.69) is 5.32 Å². The molecule has 1 N–H and O–H groups in total. The van der Waals surface area contributed by atoms with Gasteiger partial charge in [-0.15, -0.1) is 0 Å². The largest absolute Gasteiger partial charge is 0.484 e. The van der Waals surface area contributed by atoms with E-state index in [1.165, 1.54) is 0 Å². The highest BCUT2D eigenvalue weighted by Gasteiger charge is 2.21. The normalized spacial score (nSPS) is 15.7. The number of rotatable bonds is 7. The maximum Gasteiger partial charge on any atom is 0.258 e. The van der Waals surface area contributed by atoms with Gasteiger partial charge in [0, 0.05) is 37.9 Å². The second kappa shape index (κ2) is 7.79. The van der Waals surface area contributed by atoms with Crippen molar-refractivity contribution in [2.45, 2.75) is 25.8 Å². The third-order valence-corrected chi connectivity index (χ3v) is 3.40. The monoisotopic (exact) mass is 306 g/mol. The molecule has 0 spiro atoms. The lowest BCUT2D eigenvalue weighted by Crippen LogP contribution is -2.38. The summed E-state index contributed by atoms with van der Waals surface area (Å²) in [5, 5.41) is 2.77. The Hall–Kier alpha value is -2.08. The van der Waals surface area contributed by atoms with Crippen molar-refractivity contribution in [3.63, 3.8) is 0 Å². The van der Waals surface area contributed by atoms with Gasteiger partial charge in [0.25, 0.3) is 5.91 Å². The van der Waals surface area contributed by atoms with Crippen LogP contribution in [0.3, 0.4) is 0 Å². The molecule has 0 bridgehead atoms. The lowest BCUT2D eigenvalue weighted by atomic mass is 10.3. The van der Waals surface area contributed by atoms with Crippen molar-refractivity contribution in [3.8, 4) is 5.75 Å². The zero-order valence-corrected chi connectivity index (χ0v) is 13.0. The Morgan fingerprint density at radius 2 is 2.27 bits per heavy atom. The van der Waals surface area contributed by atoms with Gasteiger partial charge in [0.05, 0.1) is 6.61 Å². The first-order chi connectivity index (χ1) is 10.6. The Kier molecular flexibility index (Phi) is 5.77. The molecule has 0 saturated carbocycles. The number of hydrogen-bond donors (Lipinski definition) is 1. The van der Waals surface area contributed by atoms with Crippen molar-refractivity contribution < 1.29 is 19.1 Å². The second-order valence-electron chi connectivity index (χ2n) is 5.36. The lowest BCUT2D eigenvalue weighted by molar-refractivity contribution is -0.124. The summed E-state index contributed by atoms with van der Waals surface area (Å²) in [5.41, 5.74) is 0.813. The predicted octanol–water partition coefficient (Wildman–Crippen LogP) is 1.34. The van der Waals surface area contributed by atoms with E-state index in [0.29, 0.717) is 18.8 Å². The molecule has 120 valence electrons. The molecule has 1 atom stereocenters. The zero-order valence-electron chi connectivity index (χ0n) is 13.0. The van der Waals surface area contributed by atoms with Crippen LogP contribution in [-0.4, -0.2) is 44.7 Å². The fraction of sp³-hybridized carbons (Fsp3) is 0.500. The topological polar surface area (TPSA) is 67.9 Å². The SMILES string of the molecule is COC[C@H](C)NC(=O)COc1cccc(N2CCCC2=O)c1. The fourth-order valence-corrected chi connectivity index (χ4v) is 2.42. The highest BCUT2D eigenvalue weighted by molar-refractivity contribution is 5.95. The second-order valence-corrected chi connectivity index (χ2v) is 5.36. The van der Waals surface area contributed by atoms with E-state index < -0.39 is 0 Å². The van der Waals surface area contributed by atoms with E-state index in [1.807, 2.05) is 19.1 Å². The van der Waals surface area contributed by atoms with E-state index in [0.717, 1.165) is 18.7 Å². The number of benzene rings is 1. The summed E-state index contributed by atoms with van der Waals surface area (Å²) in [4.78, 5) is 25.2. The van der Waals surface area contributed by atoms with E-state index >= 15 is 0 Å². The van der Waals surface area contributed by atoms with Gasteiger partial charge in [-0.1, -0.05) is 6.07 Å². The van der Waals surface area contributed by atoms with E-state index in [4.69, 9.17) is 9.47 Å². The highest BCUT2D eigenvalue weighted by Crippen LogP contribution is 2.25. The van der Waals surface area contributed by atoms with Crippen LogP contribution in [0, 0.1) is 0 Å². The van der Waals surface area contributed by atoms with Crippen LogP contribution in [0.5, 0.6) is 5.75 Å². The molecule has 1 aromatic carbocycles. The minimum atomic E-state index is -0.202. The molecule has 0 radical (unpaired) electrons. The molecule has 0 unspecified atom stereocenters. The average Bonchev–Trinajstić information content (AvgIpc) is 2.92. The van der Waals surface area contributed by atoms with Crippen LogP contribution in [0.4, 0.5) is 5.69 Å². The van der Waals surface area contributed by atoms with Crippen LogP contribution in [-0.2, 0) is 14.3 Å². The number of carbonyl (C=O) groups excluding carboxylic acids is 2. The van der Waals surface area contributed by atoms with Crippen molar-refractivity contribution in [2.24, 2.45) is 0 Å². The van der Waals surface area contributed by atoms with Crippen molar-refractivity contribution in [1.29, 1.82) is 0 Å². The van der Waals surface area contributed by atoms with Crippen molar-refractivity contribution in [1.82, 2.24) is 5.32 Å². The van der Waals surface area contributed by atoms with Gasteiger partial charge in [-0.2, -0.15) is 0 Å². The molecule has 1 aliphatic heterocycles. The van der Waals surface area contributed by atoms with Crippen LogP contribution in [0.25, 0.3) is 0 Å². The summed E-state index contributed by atoms with van der Waals surface area (Å²) in [6.07, 6.45) is 1.47. The zero-order chi connectivity index (χ0) is 15.9. The molecular weight excluding hydrogens is 284 g/mol. The van der Waals surface area contributed by atoms with Gasteiger partial charge in [0.1, 0.15) is 5.75 Å². The number of carbonyl (C=O) groups is 2. The first-order valence-corrected chi connectivity index (χ1v) is 7.41.